The lowest BCUT2D eigenvalue weighted by molar-refractivity contribution is 0.0949. The van der Waals surface area contributed by atoms with Gasteiger partial charge in [0.05, 0.1) is 5.69 Å². The zero-order valence-electron chi connectivity index (χ0n) is 11.4. The van der Waals surface area contributed by atoms with Crippen LogP contribution in [0.15, 0.2) is 18.3 Å². The first-order valence-corrected chi connectivity index (χ1v) is 6.45. The summed E-state index contributed by atoms with van der Waals surface area (Å²) in [6, 6.07) is 3.45. The van der Waals surface area contributed by atoms with Crippen molar-refractivity contribution in [2.24, 2.45) is 5.73 Å². The van der Waals surface area contributed by atoms with Crippen LogP contribution in [0, 0.1) is 0 Å². The smallest absolute Gasteiger partial charge is 0.251 e. The summed E-state index contributed by atoms with van der Waals surface area (Å²) in [6.45, 7) is 4.29. The molecule has 0 bridgehead atoms. The van der Waals surface area contributed by atoms with Crippen molar-refractivity contribution < 1.29 is 4.79 Å². The molecule has 5 nitrogen and oxygen atoms in total. The Morgan fingerprint density at radius 3 is 2.70 bits per heavy atom. The topological polar surface area (TPSA) is 71.2 Å². The largest absolute Gasteiger partial charge is 0.351 e. The first-order valence-electron chi connectivity index (χ1n) is 6.45. The standard InChI is InChI=1S/C13H20N4O.2ClH/c14-10-12-9-11(3-4-15-12)13(18)16-5-8-17-6-1-2-7-17;;/h3-4,9H,1-2,5-8,10,14H2,(H,16,18);2*1H. The normalized spacial score (nSPS) is 14.2. The molecule has 1 amide bonds. The van der Waals surface area contributed by atoms with E-state index in [0.717, 1.165) is 25.3 Å². The van der Waals surface area contributed by atoms with Crippen molar-refractivity contribution in [3.63, 3.8) is 0 Å². The van der Waals surface area contributed by atoms with Crippen LogP contribution in [-0.2, 0) is 6.54 Å². The van der Waals surface area contributed by atoms with Crippen LogP contribution in [0.1, 0.15) is 28.9 Å². The average Bonchev–Trinajstić information content (AvgIpc) is 2.92. The summed E-state index contributed by atoms with van der Waals surface area (Å²) in [7, 11) is 0. The number of amides is 1. The fraction of sp³-hybridized carbons (Fsp3) is 0.538. The highest BCUT2D eigenvalue weighted by atomic mass is 35.5. The van der Waals surface area contributed by atoms with E-state index in [0.29, 0.717) is 18.7 Å². The quantitative estimate of drug-likeness (QED) is 0.855. The van der Waals surface area contributed by atoms with Gasteiger partial charge in [0.1, 0.15) is 0 Å². The number of carbonyl (C=O) groups excluding carboxylic acids is 1. The van der Waals surface area contributed by atoms with Gasteiger partial charge in [-0.1, -0.05) is 0 Å². The van der Waals surface area contributed by atoms with Gasteiger partial charge in [0.15, 0.2) is 0 Å². The van der Waals surface area contributed by atoms with Crippen LogP contribution in [0.5, 0.6) is 0 Å². The number of carbonyl (C=O) groups is 1. The summed E-state index contributed by atoms with van der Waals surface area (Å²) in [6.07, 6.45) is 4.17. The minimum Gasteiger partial charge on any atom is -0.351 e. The molecule has 114 valence electrons. The number of pyridine rings is 1. The lowest BCUT2D eigenvalue weighted by atomic mass is 10.2. The highest BCUT2D eigenvalue weighted by Gasteiger charge is 2.11. The fourth-order valence-electron chi connectivity index (χ4n) is 2.17. The lowest BCUT2D eigenvalue weighted by Gasteiger charge is -2.14. The van der Waals surface area contributed by atoms with Gasteiger partial charge in [-0.05, 0) is 38.1 Å². The minimum atomic E-state index is -0.0497. The van der Waals surface area contributed by atoms with Crippen molar-refractivity contribution in [3.8, 4) is 0 Å². The molecule has 0 aliphatic carbocycles. The molecular weight excluding hydrogens is 299 g/mol. The summed E-state index contributed by atoms with van der Waals surface area (Å²) in [5.74, 6) is -0.0497. The second kappa shape index (κ2) is 9.94. The van der Waals surface area contributed by atoms with Gasteiger partial charge >= 0.3 is 0 Å². The second-order valence-corrected chi connectivity index (χ2v) is 4.54. The molecule has 0 unspecified atom stereocenters. The van der Waals surface area contributed by atoms with Gasteiger partial charge < -0.3 is 16.0 Å². The third-order valence-electron chi connectivity index (χ3n) is 3.20. The summed E-state index contributed by atoms with van der Waals surface area (Å²) >= 11 is 0. The summed E-state index contributed by atoms with van der Waals surface area (Å²) < 4.78 is 0. The molecule has 1 fully saturated rings. The van der Waals surface area contributed by atoms with E-state index in [2.05, 4.69) is 15.2 Å². The van der Waals surface area contributed by atoms with E-state index >= 15 is 0 Å². The second-order valence-electron chi connectivity index (χ2n) is 4.54. The van der Waals surface area contributed by atoms with Crippen LogP contribution in [-0.4, -0.2) is 42.0 Å². The van der Waals surface area contributed by atoms with Crippen LogP contribution in [0.2, 0.25) is 0 Å². The molecule has 1 saturated heterocycles. The Bertz CT molecular complexity index is 411. The molecule has 1 aromatic rings. The molecule has 0 radical (unpaired) electrons. The van der Waals surface area contributed by atoms with Crippen molar-refractivity contribution in [2.75, 3.05) is 26.2 Å². The zero-order valence-corrected chi connectivity index (χ0v) is 13.0. The van der Waals surface area contributed by atoms with Crippen LogP contribution in [0.3, 0.4) is 0 Å². The molecule has 0 atom stereocenters. The first kappa shape index (κ1) is 19.1. The van der Waals surface area contributed by atoms with Gasteiger partial charge in [-0.15, -0.1) is 24.8 Å². The third kappa shape index (κ3) is 5.63. The Kier molecular flexibility index (Phi) is 9.50. The Balaban J connectivity index is 0.00000180. The number of hydrogen-bond donors (Lipinski definition) is 2. The molecule has 0 saturated carbocycles. The van der Waals surface area contributed by atoms with Gasteiger partial charge in [0.2, 0.25) is 0 Å². The molecule has 1 aromatic heterocycles. The average molecular weight is 321 g/mol. The lowest BCUT2D eigenvalue weighted by Crippen LogP contribution is -2.33. The van der Waals surface area contributed by atoms with Crippen LogP contribution < -0.4 is 11.1 Å². The molecule has 20 heavy (non-hydrogen) atoms. The maximum absolute atomic E-state index is 11.9. The Morgan fingerprint density at radius 1 is 1.35 bits per heavy atom. The van der Waals surface area contributed by atoms with Crippen molar-refractivity contribution in [1.29, 1.82) is 0 Å². The Morgan fingerprint density at radius 2 is 2.05 bits per heavy atom. The highest BCUT2D eigenvalue weighted by molar-refractivity contribution is 5.94. The van der Waals surface area contributed by atoms with Crippen molar-refractivity contribution in [1.82, 2.24) is 15.2 Å². The van der Waals surface area contributed by atoms with E-state index in [-0.39, 0.29) is 30.7 Å². The number of halogens is 2. The van der Waals surface area contributed by atoms with Crippen molar-refractivity contribution >= 4 is 30.7 Å². The predicted molar refractivity (Wildman–Crippen MR) is 84.6 cm³/mol. The highest BCUT2D eigenvalue weighted by Crippen LogP contribution is 2.06. The van der Waals surface area contributed by atoms with E-state index in [4.69, 9.17) is 5.73 Å². The van der Waals surface area contributed by atoms with Gasteiger partial charge in [-0.25, -0.2) is 0 Å². The van der Waals surface area contributed by atoms with E-state index in [1.165, 1.54) is 12.8 Å². The molecule has 2 heterocycles. The maximum Gasteiger partial charge on any atom is 0.251 e. The van der Waals surface area contributed by atoms with Crippen molar-refractivity contribution in [3.05, 3.63) is 29.6 Å². The van der Waals surface area contributed by atoms with E-state index in [1.54, 1.807) is 18.3 Å². The summed E-state index contributed by atoms with van der Waals surface area (Å²) in [5, 5.41) is 2.93. The number of nitrogens with two attached hydrogens (primary N) is 1. The number of hydrogen-bond acceptors (Lipinski definition) is 4. The molecule has 0 aromatic carbocycles. The fourth-order valence-corrected chi connectivity index (χ4v) is 2.17. The maximum atomic E-state index is 11.9. The number of nitrogens with one attached hydrogen (secondary N) is 1. The third-order valence-corrected chi connectivity index (χ3v) is 3.20. The zero-order chi connectivity index (χ0) is 12.8. The van der Waals surface area contributed by atoms with Crippen LogP contribution in [0.4, 0.5) is 0 Å². The number of rotatable bonds is 5. The molecule has 1 aliphatic rings. The number of aromatic nitrogens is 1. The first-order chi connectivity index (χ1) is 8.79. The van der Waals surface area contributed by atoms with Gasteiger partial charge in [-0.3, -0.25) is 9.78 Å². The molecular formula is C13H22Cl2N4O. The molecule has 2 rings (SSSR count). The monoisotopic (exact) mass is 320 g/mol. The van der Waals surface area contributed by atoms with Crippen molar-refractivity contribution in [2.45, 2.75) is 19.4 Å². The van der Waals surface area contributed by atoms with E-state index in [9.17, 15) is 4.79 Å². The van der Waals surface area contributed by atoms with Gasteiger partial charge in [0.25, 0.3) is 5.91 Å². The number of nitrogens with zero attached hydrogens (tertiary/aromatic N) is 2. The number of likely N-dealkylation sites (tertiary alicyclic amines) is 1. The molecule has 7 heteroatoms. The molecule has 1 aliphatic heterocycles. The predicted octanol–water partition coefficient (Wildman–Crippen LogP) is 1.21. The minimum absolute atomic E-state index is 0. The van der Waals surface area contributed by atoms with Crippen LogP contribution in [0.25, 0.3) is 0 Å². The molecule has 0 spiro atoms. The van der Waals surface area contributed by atoms with E-state index in [1.807, 2.05) is 0 Å². The Hall–Kier alpha value is -0.880. The molecule has 3 N–H and O–H groups in total. The van der Waals surface area contributed by atoms with Gasteiger partial charge in [-0.2, -0.15) is 0 Å². The SMILES string of the molecule is Cl.Cl.NCc1cc(C(=O)NCCN2CCCC2)ccn1. The Labute approximate surface area is 132 Å². The summed E-state index contributed by atoms with van der Waals surface area (Å²) in [5.41, 5.74) is 6.87. The van der Waals surface area contributed by atoms with E-state index < -0.39 is 0 Å². The summed E-state index contributed by atoms with van der Waals surface area (Å²) in [4.78, 5) is 18.3. The van der Waals surface area contributed by atoms with Crippen LogP contribution >= 0.6 is 24.8 Å². The van der Waals surface area contributed by atoms with Gasteiger partial charge in [0, 0.05) is 31.4 Å².